The van der Waals surface area contributed by atoms with Gasteiger partial charge >= 0.3 is 6.18 Å². The van der Waals surface area contributed by atoms with Crippen LogP contribution in [-0.4, -0.2) is 17.9 Å². The van der Waals surface area contributed by atoms with Crippen LogP contribution in [0.4, 0.5) is 13.2 Å². The molecule has 0 bridgehead atoms. The summed E-state index contributed by atoms with van der Waals surface area (Å²) in [5.74, 6) is -1.30. The largest absolute Gasteiger partial charge is 0.416 e. The number of rotatable bonds is 5. The van der Waals surface area contributed by atoms with Crippen molar-refractivity contribution >= 4 is 24.2 Å². The second-order valence-corrected chi connectivity index (χ2v) is 4.63. The molecule has 5 N–H and O–H groups in total. The molecule has 1 aromatic carbocycles. The molecule has 0 radical (unpaired) electrons. The molecule has 1 aromatic rings. The Morgan fingerprint density at radius 3 is 2.14 bits per heavy atom. The lowest BCUT2D eigenvalue weighted by Gasteiger charge is -2.18. The molecular weight excluding hydrogens is 323 g/mol. The molecule has 5 nitrogen and oxygen atoms in total. The van der Waals surface area contributed by atoms with E-state index in [1.807, 2.05) is 0 Å². The van der Waals surface area contributed by atoms with Gasteiger partial charge in [-0.25, -0.2) is 0 Å². The highest BCUT2D eigenvalue weighted by Crippen LogP contribution is 2.29. The van der Waals surface area contributed by atoms with Crippen LogP contribution in [-0.2, 0) is 15.8 Å². The molecular formula is C13H17ClF3N3O2. The second-order valence-electron chi connectivity index (χ2n) is 4.63. The third kappa shape index (κ3) is 5.90. The predicted octanol–water partition coefficient (Wildman–Crippen LogP) is 1.51. The minimum atomic E-state index is -4.41. The van der Waals surface area contributed by atoms with Gasteiger partial charge in [-0.2, -0.15) is 13.2 Å². The fraction of sp³-hybridized carbons (Fsp3) is 0.385. The van der Waals surface area contributed by atoms with Gasteiger partial charge in [-0.1, -0.05) is 12.1 Å². The van der Waals surface area contributed by atoms with Gasteiger partial charge in [0.25, 0.3) is 0 Å². The van der Waals surface area contributed by atoms with Gasteiger partial charge < -0.3 is 16.8 Å². The van der Waals surface area contributed by atoms with Crippen molar-refractivity contribution in [3.8, 4) is 0 Å². The topological polar surface area (TPSA) is 98.2 Å². The van der Waals surface area contributed by atoms with Crippen molar-refractivity contribution in [2.45, 2.75) is 31.6 Å². The summed E-state index contributed by atoms with van der Waals surface area (Å²) < 4.78 is 37.3. The molecule has 1 rings (SSSR count). The number of benzene rings is 1. The van der Waals surface area contributed by atoms with Crippen LogP contribution in [0.15, 0.2) is 24.3 Å². The van der Waals surface area contributed by atoms with Crippen LogP contribution in [0.5, 0.6) is 0 Å². The number of halogens is 4. The zero-order valence-corrected chi connectivity index (χ0v) is 12.5. The van der Waals surface area contributed by atoms with Gasteiger partial charge in [-0.3, -0.25) is 9.59 Å². The first kappa shape index (κ1) is 20.2. The fourth-order valence-corrected chi connectivity index (χ4v) is 1.67. The molecule has 22 heavy (non-hydrogen) atoms. The molecule has 0 aliphatic heterocycles. The average molecular weight is 340 g/mol. The summed E-state index contributed by atoms with van der Waals surface area (Å²) in [6.07, 6.45) is -4.71. The molecule has 0 heterocycles. The zero-order valence-electron chi connectivity index (χ0n) is 11.7. The van der Waals surface area contributed by atoms with E-state index >= 15 is 0 Å². The number of carbonyl (C=O) groups excluding carboxylic acids is 2. The van der Waals surface area contributed by atoms with Gasteiger partial charge in [-0.05, 0) is 24.6 Å². The highest BCUT2D eigenvalue weighted by atomic mass is 35.5. The van der Waals surface area contributed by atoms with Crippen LogP contribution < -0.4 is 16.8 Å². The van der Waals surface area contributed by atoms with E-state index in [1.165, 1.54) is 12.1 Å². The van der Waals surface area contributed by atoms with Crippen LogP contribution in [0.1, 0.15) is 30.5 Å². The van der Waals surface area contributed by atoms with E-state index in [2.05, 4.69) is 5.32 Å². The third-order valence-corrected chi connectivity index (χ3v) is 2.85. The number of nitrogens with one attached hydrogen (secondary N) is 1. The van der Waals surface area contributed by atoms with Crippen molar-refractivity contribution in [2.75, 3.05) is 0 Å². The Hall–Kier alpha value is -1.80. The normalized spacial score (nSPS) is 13.7. The number of alkyl halides is 3. The summed E-state index contributed by atoms with van der Waals surface area (Å²) in [4.78, 5) is 22.3. The minimum Gasteiger partial charge on any atom is -0.370 e. The van der Waals surface area contributed by atoms with E-state index in [0.29, 0.717) is 5.56 Å². The highest BCUT2D eigenvalue weighted by molar-refractivity contribution is 5.87. The molecule has 9 heteroatoms. The predicted molar refractivity (Wildman–Crippen MR) is 77.0 cm³/mol. The van der Waals surface area contributed by atoms with Crippen molar-refractivity contribution in [2.24, 2.45) is 11.5 Å². The van der Waals surface area contributed by atoms with Crippen molar-refractivity contribution in [1.29, 1.82) is 0 Å². The SMILES string of the molecule is CC(NC(=O)C(N)CC(N)=O)c1ccc(C(F)(F)F)cc1.Cl. The molecule has 0 saturated heterocycles. The molecule has 2 amide bonds. The Morgan fingerprint density at radius 1 is 1.23 bits per heavy atom. The lowest BCUT2D eigenvalue weighted by molar-refractivity contribution is -0.137. The smallest absolute Gasteiger partial charge is 0.370 e. The lowest BCUT2D eigenvalue weighted by Crippen LogP contribution is -2.43. The van der Waals surface area contributed by atoms with Gasteiger partial charge in [0.15, 0.2) is 0 Å². The van der Waals surface area contributed by atoms with E-state index in [4.69, 9.17) is 11.5 Å². The van der Waals surface area contributed by atoms with Gasteiger partial charge in [-0.15, -0.1) is 12.4 Å². The molecule has 0 spiro atoms. The van der Waals surface area contributed by atoms with Crippen molar-refractivity contribution in [3.63, 3.8) is 0 Å². The van der Waals surface area contributed by atoms with Crippen LogP contribution >= 0.6 is 12.4 Å². The summed E-state index contributed by atoms with van der Waals surface area (Å²) in [7, 11) is 0. The maximum absolute atomic E-state index is 12.4. The highest BCUT2D eigenvalue weighted by Gasteiger charge is 2.30. The number of amides is 2. The van der Waals surface area contributed by atoms with E-state index in [1.54, 1.807) is 6.92 Å². The standard InChI is InChI=1S/C13H16F3N3O2.ClH/c1-7(19-12(21)10(17)6-11(18)20)8-2-4-9(5-3-8)13(14,15)16;/h2-5,7,10H,6,17H2,1H3,(H2,18,20)(H,19,21);1H. The lowest BCUT2D eigenvalue weighted by atomic mass is 10.1. The van der Waals surface area contributed by atoms with E-state index in [-0.39, 0.29) is 18.8 Å². The molecule has 0 aliphatic carbocycles. The fourth-order valence-electron chi connectivity index (χ4n) is 1.67. The molecule has 2 unspecified atom stereocenters. The Bertz CT molecular complexity index is 520. The maximum Gasteiger partial charge on any atom is 0.416 e. The summed E-state index contributed by atoms with van der Waals surface area (Å²) in [5, 5.41) is 2.51. The number of hydrogen-bond donors (Lipinski definition) is 3. The van der Waals surface area contributed by atoms with Gasteiger partial charge in [0.05, 0.1) is 24.1 Å². The Labute approximate surface area is 131 Å². The number of carbonyl (C=O) groups is 2. The molecule has 0 aromatic heterocycles. The molecule has 2 atom stereocenters. The first-order valence-electron chi connectivity index (χ1n) is 6.12. The third-order valence-electron chi connectivity index (χ3n) is 2.85. The van der Waals surface area contributed by atoms with Crippen LogP contribution in [0.3, 0.4) is 0 Å². The number of nitrogens with two attached hydrogens (primary N) is 2. The number of primary amides is 1. The van der Waals surface area contributed by atoms with E-state index in [0.717, 1.165) is 12.1 Å². The summed E-state index contributed by atoms with van der Waals surface area (Å²) in [6.45, 7) is 1.59. The minimum absolute atomic E-state index is 0. The van der Waals surface area contributed by atoms with Gasteiger partial charge in [0, 0.05) is 0 Å². The second kappa shape index (κ2) is 8.00. The molecule has 0 fully saturated rings. The summed E-state index contributed by atoms with van der Waals surface area (Å²) in [5.41, 5.74) is 10.1. The quantitative estimate of drug-likeness (QED) is 0.758. The summed E-state index contributed by atoms with van der Waals surface area (Å²) >= 11 is 0. The van der Waals surface area contributed by atoms with Crippen molar-refractivity contribution in [1.82, 2.24) is 5.32 Å². The van der Waals surface area contributed by atoms with Crippen molar-refractivity contribution < 1.29 is 22.8 Å². The van der Waals surface area contributed by atoms with E-state index in [9.17, 15) is 22.8 Å². The first-order chi connectivity index (χ1) is 9.61. The molecule has 0 aliphatic rings. The van der Waals surface area contributed by atoms with Gasteiger partial charge in [0.2, 0.25) is 11.8 Å². The van der Waals surface area contributed by atoms with Crippen LogP contribution in [0, 0.1) is 0 Å². The molecule has 124 valence electrons. The Balaban J connectivity index is 0.00000441. The van der Waals surface area contributed by atoms with Crippen LogP contribution in [0.2, 0.25) is 0 Å². The monoisotopic (exact) mass is 339 g/mol. The first-order valence-corrected chi connectivity index (χ1v) is 6.12. The van der Waals surface area contributed by atoms with Crippen molar-refractivity contribution in [3.05, 3.63) is 35.4 Å². The summed E-state index contributed by atoms with van der Waals surface area (Å²) in [6, 6.07) is 2.78. The maximum atomic E-state index is 12.4. The zero-order chi connectivity index (χ0) is 16.2. The molecule has 0 saturated carbocycles. The number of hydrogen-bond acceptors (Lipinski definition) is 3. The van der Waals surface area contributed by atoms with Gasteiger partial charge in [0.1, 0.15) is 0 Å². The van der Waals surface area contributed by atoms with E-state index < -0.39 is 35.6 Å². The average Bonchev–Trinajstić information content (AvgIpc) is 2.36. The van der Waals surface area contributed by atoms with Crippen LogP contribution in [0.25, 0.3) is 0 Å². The Morgan fingerprint density at radius 2 is 1.73 bits per heavy atom. The Kier molecular flexibility index (Phi) is 7.34.